The van der Waals surface area contributed by atoms with E-state index in [0.29, 0.717) is 25.3 Å². The minimum atomic E-state index is -4.50. The summed E-state index contributed by atoms with van der Waals surface area (Å²) >= 11 is 0. The molecule has 1 heterocycles. The summed E-state index contributed by atoms with van der Waals surface area (Å²) in [5.74, 6) is -0.167. The summed E-state index contributed by atoms with van der Waals surface area (Å²) in [7, 11) is 1.81. The SMILES string of the molecule is C[C@H]1CCCCO[C@@H](CN(C)C(=O)C2CCCCC2)[C@@H](C)CN([C@@H](C)CO)C(=O)c2cc(NC(=O)Nc3ccc(C(F)(F)F)cc3)ccc2O1. The summed E-state index contributed by atoms with van der Waals surface area (Å²) in [6, 6.07) is 7.44. The number of hydrogen-bond donors (Lipinski definition) is 3. The predicted molar refractivity (Wildman–Crippen MR) is 185 cm³/mol. The Morgan fingerprint density at radius 2 is 1.62 bits per heavy atom. The topological polar surface area (TPSA) is 120 Å². The number of fused-ring (bicyclic) bond motifs is 1. The highest BCUT2D eigenvalue weighted by molar-refractivity contribution is 6.02. The number of carbonyl (C=O) groups excluding carboxylic acids is 3. The number of alkyl halides is 3. The summed E-state index contributed by atoms with van der Waals surface area (Å²) in [5.41, 5.74) is -0.249. The van der Waals surface area contributed by atoms with Crippen LogP contribution in [0, 0.1) is 11.8 Å². The third-order valence-corrected chi connectivity index (χ3v) is 9.56. The molecule has 0 radical (unpaired) electrons. The Morgan fingerprint density at radius 1 is 0.980 bits per heavy atom. The molecule has 0 unspecified atom stereocenters. The molecule has 2 aromatic rings. The molecule has 1 aliphatic heterocycles. The second kappa shape index (κ2) is 17.9. The van der Waals surface area contributed by atoms with Gasteiger partial charge >= 0.3 is 12.2 Å². The van der Waals surface area contributed by atoms with Crippen molar-refractivity contribution in [3.05, 3.63) is 53.6 Å². The molecule has 0 saturated heterocycles. The van der Waals surface area contributed by atoms with E-state index in [1.54, 1.807) is 28.9 Å². The molecule has 1 aliphatic carbocycles. The number of aliphatic hydroxyl groups excluding tert-OH is 1. The van der Waals surface area contributed by atoms with Crippen LogP contribution in [0.5, 0.6) is 5.75 Å². The first-order valence-corrected chi connectivity index (χ1v) is 17.6. The monoisotopic (exact) mass is 704 g/mol. The van der Waals surface area contributed by atoms with E-state index in [1.807, 2.05) is 20.9 Å². The lowest BCUT2D eigenvalue weighted by Crippen LogP contribution is -2.48. The smallest absolute Gasteiger partial charge is 0.416 e. The fourth-order valence-electron chi connectivity index (χ4n) is 6.52. The van der Waals surface area contributed by atoms with Gasteiger partial charge in [-0.1, -0.05) is 26.2 Å². The number of halogens is 3. The number of aliphatic hydroxyl groups is 1. The zero-order valence-corrected chi connectivity index (χ0v) is 29.4. The number of amides is 4. The van der Waals surface area contributed by atoms with Gasteiger partial charge < -0.3 is 35.0 Å². The molecular formula is C37H51F3N4O6. The van der Waals surface area contributed by atoms with Crippen molar-refractivity contribution >= 4 is 29.2 Å². The maximum Gasteiger partial charge on any atom is 0.416 e. The molecule has 0 spiro atoms. The molecular weight excluding hydrogens is 653 g/mol. The van der Waals surface area contributed by atoms with Crippen molar-refractivity contribution in [1.82, 2.24) is 9.80 Å². The van der Waals surface area contributed by atoms with Crippen LogP contribution in [0.1, 0.15) is 88.1 Å². The molecule has 0 bridgehead atoms. The lowest BCUT2D eigenvalue weighted by molar-refractivity contribution is -0.138. The van der Waals surface area contributed by atoms with Crippen LogP contribution >= 0.6 is 0 Å². The maximum atomic E-state index is 14.4. The fraction of sp³-hybridized carbons (Fsp3) is 0.595. The van der Waals surface area contributed by atoms with Gasteiger partial charge in [-0.25, -0.2) is 4.79 Å². The minimum Gasteiger partial charge on any atom is -0.490 e. The van der Waals surface area contributed by atoms with Crippen molar-refractivity contribution in [1.29, 1.82) is 0 Å². The second-order valence-electron chi connectivity index (χ2n) is 13.7. The van der Waals surface area contributed by atoms with Gasteiger partial charge in [0.15, 0.2) is 0 Å². The van der Waals surface area contributed by atoms with E-state index in [2.05, 4.69) is 10.6 Å². The van der Waals surface area contributed by atoms with Crippen LogP contribution in [0.15, 0.2) is 42.5 Å². The van der Waals surface area contributed by atoms with E-state index in [-0.39, 0.29) is 60.0 Å². The number of nitrogens with one attached hydrogen (secondary N) is 2. The third kappa shape index (κ3) is 10.8. The Morgan fingerprint density at radius 3 is 2.28 bits per heavy atom. The average Bonchev–Trinajstić information content (AvgIpc) is 3.09. The first-order valence-electron chi connectivity index (χ1n) is 17.6. The minimum absolute atomic E-state index is 0.0212. The number of hydrogen-bond acceptors (Lipinski definition) is 6. The highest BCUT2D eigenvalue weighted by atomic mass is 19.4. The van der Waals surface area contributed by atoms with Crippen LogP contribution in [-0.2, 0) is 15.7 Å². The number of anilines is 2. The van der Waals surface area contributed by atoms with Gasteiger partial charge in [-0.15, -0.1) is 0 Å². The molecule has 276 valence electrons. The van der Waals surface area contributed by atoms with E-state index in [0.717, 1.165) is 69.2 Å². The van der Waals surface area contributed by atoms with Crippen LogP contribution < -0.4 is 15.4 Å². The predicted octanol–water partition coefficient (Wildman–Crippen LogP) is 7.18. The summed E-state index contributed by atoms with van der Waals surface area (Å²) in [5, 5.41) is 15.4. The van der Waals surface area contributed by atoms with Crippen molar-refractivity contribution in [3.63, 3.8) is 0 Å². The first kappa shape index (κ1) is 39.0. The Hall–Kier alpha value is -3.84. The lowest BCUT2D eigenvalue weighted by Gasteiger charge is -2.36. The highest BCUT2D eigenvalue weighted by Gasteiger charge is 2.33. The van der Waals surface area contributed by atoms with Crippen molar-refractivity contribution in [2.24, 2.45) is 11.8 Å². The molecule has 0 aromatic heterocycles. The Balaban J connectivity index is 1.57. The van der Waals surface area contributed by atoms with Crippen molar-refractivity contribution in [2.75, 3.05) is 44.0 Å². The van der Waals surface area contributed by atoms with Crippen LogP contribution in [0.3, 0.4) is 0 Å². The zero-order valence-electron chi connectivity index (χ0n) is 29.4. The van der Waals surface area contributed by atoms with Crippen molar-refractivity contribution in [2.45, 2.75) is 96.6 Å². The summed E-state index contributed by atoms with van der Waals surface area (Å²) in [6.45, 7) is 6.42. The molecule has 2 aliphatic rings. The van der Waals surface area contributed by atoms with E-state index >= 15 is 0 Å². The van der Waals surface area contributed by atoms with Gasteiger partial charge in [0.2, 0.25) is 5.91 Å². The highest BCUT2D eigenvalue weighted by Crippen LogP contribution is 2.31. The van der Waals surface area contributed by atoms with Gasteiger partial charge in [0.1, 0.15) is 5.75 Å². The molecule has 4 rings (SSSR count). The van der Waals surface area contributed by atoms with Crippen LogP contribution in [0.2, 0.25) is 0 Å². The van der Waals surface area contributed by atoms with Crippen LogP contribution in [0.4, 0.5) is 29.3 Å². The average molecular weight is 705 g/mol. The number of nitrogens with zero attached hydrogens (tertiary/aromatic N) is 2. The third-order valence-electron chi connectivity index (χ3n) is 9.56. The summed E-state index contributed by atoms with van der Waals surface area (Å²) < 4.78 is 51.5. The molecule has 10 nitrogen and oxygen atoms in total. The van der Waals surface area contributed by atoms with Crippen LogP contribution in [0.25, 0.3) is 0 Å². The number of benzene rings is 2. The number of likely N-dealkylation sites (N-methyl/N-ethyl adjacent to an activating group) is 1. The maximum absolute atomic E-state index is 14.4. The molecule has 50 heavy (non-hydrogen) atoms. The lowest BCUT2D eigenvalue weighted by atomic mass is 9.88. The van der Waals surface area contributed by atoms with Gasteiger partial charge in [0.05, 0.1) is 36.0 Å². The van der Waals surface area contributed by atoms with Gasteiger partial charge in [-0.3, -0.25) is 9.59 Å². The molecule has 3 N–H and O–H groups in total. The Bertz CT molecular complexity index is 1430. The van der Waals surface area contributed by atoms with E-state index in [9.17, 15) is 32.7 Å². The summed E-state index contributed by atoms with van der Waals surface area (Å²) in [4.78, 5) is 43.8. The van der Waals surface area contributed by atoms with Crippen molar-refractivity contribution in [3.8, 4) is 5.75 Å². The molecule has 13 heteroatoms. The van der Waals surface area contributed by atoms with Gasteiger partial charge in [0, 0.05) is 50.0 Å². The van der Waals surface area contributed by atoms with E-state index < -0.39 is 29.7 Å². The fourth-order valence-corrected chi connectivity index (χ4v) is 6.52. The molecule has 1 fully saturated rings. The molecule has 2 aromatic carbocycles. The Kier molecular flexibility index (Phi) is 13.9. The van der Waals surface area contributed by atoms with Crippen molar-refractivity contribution < 1.29 is 42.1 Å². The van der Waals surface area contributed by atoms with Gasteiger partial charge in [-0.05, 0) is 88.4 Å². The number of rotatable bonds is 7. The second-order valence-corrected chi connectivity index (χ2v) is 13.7. The van der Waals surface area contributed by atoms with E-state index in [4.69, 9.17) is 9.47 Å². The zero-order chi connectivity index (χ0) is 36.4. The quantitative estimate of drug-likeness (QED) is 0.281. The normalized spacial score (nSPS) is 22.0. The largest absolute Gasteiger partial charge is 0.490 e. The molecule has 1 saturated carbocycles. The van der Waals surface area contributed by atoms with Crippen LogP contribution in [-0.4, -0.2) is 84.4 Å². The van der Waals surface area contributed by atoms with Gasteiger partial charge in [-0.2, -0.15) is 13.2 Å². The molecule has 4 amide bonds. The van der Waals surface area contributed by atoms with Gasteiger partial charge in [0.25, 0.3) is 5.91 Å². The standard InChI is InChI=1S/C37H51F3N4O6/c1-24-21-44(25(2)23-45)35(47)31-20-30(42-36(48)41-29-15-13-28(14-16-29)37(38,39)40)17-18-32(31)50-26(3)10-8-9-19-49-33(24)22-43(4)34(46)27-11-6-5-7-12-27/h13-18,20,24-27,33,45H,5-12,19,21-23H2,1-4H3,(H2,41,42,48)/t24-,25-,26-,33-/m0/s1. The number of carbonyl (C=O) groups is 3. The molecule has 4 atom stereocenters. The number of urea groups is 1. The first-order chi connectivity index (χ1) is 23.8. The van der Waals surface area contributed by atoms with E-state index in [1.165, 1.54) is 6.07 Å². The Labute approximate surface area is 292 Å². The number of ether oxygens (including phenoxy) is 2. The summed E-state index contributed by atoms with van der Waals surface area (Å²) in [6.07, 6.45) is 2.27.